The predicted octanol–water partition coefficient (Wildman–Crippen LogP) is 2.88. The Balaban J connectivity index is 1.56. The maximum atomic E-state index is 12.6. The van der Waals surface area contributed by atoms with Crippen molar-refractivity contribution in [2.45, 2.75) is 30.2 Å². The zero-order valence-corrected chi connectivity index (χ0v) is 14.3. The Bertz CT molecular complexity index is 1080. The second-order valence-corrected chi connectivity index (χ2v) is 8.04. The van der Waals surface area contributed by atoms with Crippen LogP contribution in [0.5, 0.6) is 0 Å². The number of nitrogens with one attached hydrogen (secondary N) is 2. The van der Waals surface area contributed by atoms with E-state index < -0.39 is 10.0 Å². The first-order valence-electron chi connectivity index (χ1n) is 8.18. The maximum absolute atomic E-state index is 12.6. The smallest absolute Gasteiger partial charge is 0.240 e. The third-order valence-corrected chi connectivity index (χ3v) is 6.25. The Morgan fingerprint density at radius 2 is 1.88 bits per heavy atom. The highest BCUT2D eigenvalue weighted by Gasteiger charge is 2.26. The second kappa shape index (κ2) is 6.03. The standard InChI is InChI=1S/C19H17N3O2S/c20-12-13-5-8-15(9-6-13)25(23,24)22-14-7-10-17-16-3-1-2-4-18(16)21-19(17)11-14/h1-6,8-9,14,21-22H,7,10-11H2. The first-order valence-corrected chi connectivity index (χ1v) is 9.66. The Kier molecular flexibility index (Phi) is 3.83. The molecule has 0 aliphatic heterocycles. The SMILES string of the molecule is N#Cc1ccc(S(=O)(=O)NC2CCc3c([nH]c4ccccc34)C2)cc1. The monoisotopic (exact) mass is 351 g/mol. The molecule has 0 amide bonds. The van der Waals surface area contributed by atoms with Gasteiger partial charge in [0.15, 0.2) is 0 Å². The van der Waals surface area contributed by atoms with Crippen molar-refractivity contribution in [1.29, 1.82) is 5.26 Å². The van der Waals surface area contributed by atoms with Gasteiger partial charge in [-0.1, -0.05) is 18.2 Å². The molecular weight excluding hydrogens is 334 g/mol. The number of sulfonamides is 1. The molecule has 0 fully saturated rings. The number of aryl methyl sites for hydroxylation is 1. The second-order valence-electron chi connectivity index (χ2n) is 6.32. The van der Waals surface area contributed by atoms with E-state index in [-0.39, 0.29) is 10.9 Å². The minimum absolute atomic E-state index is 0.138. The van der Waals surface area contributed by atoms with Crippen molar-refractivity contribution in [3.05, 3.63) is 65.4 Å². The van der Waals surface area contributed by atoms with Crippen LogP contribution in [0.1, 0.15) is 23.2 Å². The molecule has 1 aliphatic carbocycles. The summed E-state index contributed by atoms with van der Waals surface area (Å²) in [6.07, 6.45) is 2.27. The van der Waals surface area contributed by atoms with Crippen LogP contribution in [0.2, 0.25) is 0 Å². The number of aromatic amines is 1. The van der Waals surface area contributed by atoms with Gasteiger partial charge in [0.1, 0.15) is 0 Å². The lowest BCUT2D eigenvalue weighted by atomic mass is 9.92. The fourth-order valence-electron chi connectivity index (χ4n) is 3.48. The minimum Gasteiger partial charge on any atom is -0.358 e. The number of nitriles is 1. The molecule has 3 aromatic rings. The van der Waals surface area contributed by atoms with Crippen LogP contribution < -0.4 is 4.72 Å². The number of hydrogen-bond donors (Lipinski definition) is 2. The molecule has 1 aliphatic rings. The normalized spacial score (nSPS) is 17.2. The van der Waals surface area contributed by atoms with Gasteiger partial charge in [-0.2, -0.15) is 5.26 Å². The lowest BCUT2D eigenvalue weighted by Gasteiger charge is -2.23. The topological polar surface area (TPSA) is 85.8 Å². The van der Waals surface area contributed by atoms with E-state index in [1.807, 2.05) is 24.3 Å². The molecule has 4 rings (SSSR count). The molecule has 0 saturated heterocycles. The number of rotatable bonds is 3. The number of H-pyrrole nitrogens is 1. The van der Waals surface area contributed by atoms with E-state index >= 15 is 0 Å². The highest BCUT2D eigenvalue weighted by atomic mass is 32.2. The van der Waals surface area contributed by atoms with Crippen LogP contribution >= 0.6 is 0 Å². The molecule has 6 heteroatoms. The molecule has 2 N–H and O–H groups in total. The number of para-hydroxylation sites is 1. The van der Waals surface area contributed by atoms with Gasteiger partial charge >= 0.3 is 0 Å². The summed E-state index contributed by atoms with van der Waals surface area (Å²) in [6.45, 7) is 0. The van der Waals surface area contributed by atoms with Crippen molar-refractivity contribution < 1.29 is 8.42 Å². The van der Waals surface area contributed by atoms with E-state index in [9.17, 15) is 8.42 Å². The fourth-order valence-corrected chi connectivity index (χ4v) is 4.75. The Labute approximate surface area is 146 Å². The zero-order valence-electron chi connectivity index (χ0n) is 13.5. The van der Waals surface area contributed by atoms with Crippen molar-refractivity contribution in [2.75, 3.05) is 0 Å². The summed E-state index contributed by atoms with van der Waals surface area (Å²) >= 11 is 0. The van der Waals surface area contributed by atoms with E-state index in [1.165, 1.54) is 35.2 Å². The Morgan fingerprint density at radius 1 is 1.12 bits per heavy atom. The number of aromatic nitrogens is 1. The molecule has 2 aromatic carbocycles. The highest BCUT2D eigenvalue weighted by molar-refractivity contribution is 7.89. The van der Waals surface area contributed by atoms with E-state index in [1.54, 1.807) is 0 Å². The largest absolute Gasteiger partial charge is 0.358 e. The van der Waals surface area contributed by atoms with Crippen molar-refractivity contribution in [3.63, 3.8) is 0 Å². The molecule has 0 saturated carbocycles. The Morgan fingerprint density at radius 3 is 2.64 bits per heavy atom. The van der Waals surface area contributed by atoms with Crippen molar-refractivity contribution in [2.24, 2.45) is 0 Å². The average molecular weight is 351 g/mol. The first kappa shape index (κ1) is 15.9. The average Bonchev–Trinajstić information content (AvgIpc) is 2.99. The lowest BCUT2D eigenvalue weighted by molar-refractivity contribution is 0.505. The molecule has 1 unspecified atom stereocenters. The third-order valence-electron chi connectivity index (χ3n) is 4.71. The van der Waals surface area contributed by atoms with Crippen molar-refractivity contribution in [1.82, 2.24) is 9.71 Å². The molecule has 1 heterocycles. The summed E-state index contributed by atoms with van der Waals surface area (Å²) in [5.41, 5.74) is 3.95. The highest BCUT2D eigenvalue weighted by Crippen LogP contribution is 2.29. The van der Waals surface area contributed by atoms with Crippen LogP contribution in [0.15, 0.2) is 53.4 Å². The van der Waals surface area contributed by atoms with E-state index in [2.05, 4.69) is 15.8 Å². The van der Waals surface area contributed by atoms with Crippen LogP contribution in [0.25, 0.3) is 10.9 Å². The quantitative estimate of drug-likeness (QED) is 0.761. The van der Waals surface area contributed by atoms with Gasteiger partial charge < -0.3 is 4.98 Å². The summed E-state index contributed by atoms with van der Waals surface area (Å²) in [5, 5.41) is 10.1. The predicted molar refractivity (Wildman–Crippen MR) is 95.6 cm³/mol. The molecule has 126 valence electrons. The zero-order chi connectivity index (χ0) is 17.4. The number of fused-ring (bicyclic) bond motifs is 3. The van der Waals surface area contributed by atoms with Crippen LogP contribution in [0, 0.1) is 11.3 Å². The minimum atomic E-state index is -3.59. The number of hydrogen-bond acceptors (Lipinski definition) is 3. The third kappa shape index (κ3) is 2.93. The summed E-state index contributed by atoms with van der Waals surface area (Å²) < 4.78 is 28.0. The molecule has 1 aromatic heterocycles. The van der Waals surface area contributed by atoms with Gasteiger partial charge in [-0.3, -0.25) is 0 Å². The molecule has 25 heavy (non-hydrogen) atoms. The van der Waals surface area contributed by atoms with Crippen LogP contribution in [-0.2, 0) is 22.9 Å². The number of nitrogens with zero attached hydrogens (tertiary/aromatic N) is 1. The maximum Gasteiger partial charge on any atom is 0.240 e. The lowest BCUT2D eigenvalue weighted by Crippen LogP contribution is -2.38. The molecular formula is C19H17N3O2S. The van der Waals surface area contributed by atoms with Crippen LogP contribution in [-0.4, -0.2) is 19.4 Å². The molecule has 0 spiro atoms. The summed E-state index contributed by atoms with van der Waals surface area (Å²) in [6, 6.07) is 16.0. The van der Waals surface area contributed by atoms with Gasteiger partial charge in [-0.05, 0) is 48.7 Å². The van der Waals surface area contributed by atoms with E-state index in [0.29, 0.717) is 12.0 Å². The van der Waals surface area contributed by atoms with Crippen molar-refractivity contribution in [3.8, 4) is 6.07 Å². The van der Waals surface area contributed by atoms with Gasteiger partial charge in [-0.15, -0.1) is 0 Å². The van der Waals surface area contributed by atoms with E-state index in [0.717, 1.165) is 24.1 Å². The molecule has 0 bridgehead atoms. The molecule has 0 radical (unpaired) electrons. The number of benzene rings is 2. The molecule has 1 atom stereocenters. The van der Waals surface area contributed by atoms with Gasteiger partial charge in [0.25, 0.3) is 0 Å². The Hall–Kier alpha value is -2.62. The van der Waals surface area contributed by atoms with Gasteiger partial charge in [0.2, 0.25) is 10.0 Å². The van der Waals surface area contributed by atoms with Crippen LogP contribution in [0.4, 0.5) is 0 Å². The molecule has 5 nitrogen and oxygen atoms in total. The van der Waals surface area contributed by atoms with Gasteiger partial charge in [0, 0.05) is 29.1 Å². The first-order chi connectivity index (χ1) is 12.1. The van der Waals surface area contributed by atoms with E-state index in [4.69, 9.17) is 5.26 Å². The van der Waals surface area contributed by atoms with Gasteiger partial charge in [-0.25, -0.2) is 13.1 Å². The summed E-state index contributed by atoms with van der Waals surface area (Å²) in [7, 11) is -3.59. The van der Waals surface area contributed by atoms with Crippen molar-refractivity contribution >= 4 is 20.9 Å². The summed E-state index contributed by atoms with van der Waals surface area (Å²) in [4.78, 5) is 3.60. The van der Waals surface area contributed by atoms with Crippen LogP contribution in [0.3, 0.4) is 0 Å². The fraction of sp³-hybridized carbons (Fsp3) is 0.211. The summed E-state index contributed by atoms with van der Waals surface area (Å²) in [5.74, 6) is 0. The van der Waals surface area contributed by atoms with Gasteiger partial charge in [0.05, 0.1) is 16.5 Å².